The lowest BCUT2D eigenvalue weighted by Gasteiger charge is -2.23. The molecule has 6 atom stereocenters. The van der Waals surface area contributed by atoms with E-state index in [0.29, 0.717) is 11.2 Å². The van der Waals surface area contributed by atoms with Gasteiger partial charge in [0.25, 0.3) is 0 Å². The Kier molecular flexibility index (Phi) is 6.27. The first kappa shape index (κ1) is 20.0. The van der Waals surface area contributed by atoms with Gasteiger partial charge in [0, 0.05) is 11.7 Å². The zero-order valence-corrected chi connectivity index (χ0v) is 15.6. The molecule has 2 unspecified atom stereocenters. The van der Waals surface area contributed by atoms with E-state index in [9.17, 15) is 14.6 Å². The van der Waals surface area contributed by atoms with Crippen molar-refractivity contribution in [1.82, 2.24) is 19.5 Å². The molecule has 12 nitrogen and oxygen atoms in total. The summed E-state index contributed by atoms with van der Waals surface area (Å²) in [6, 6.07) is 0. The van der Waals surface area contributed by atoms with Crippen molar-refractivity contribution >= 4 is 25.2 Å². The summed E-state index contributed by atoms with van der Waals surface area (Å²) < 4.78 is 34.8. The van der Waals surface area contributed by atoms with E-state index in [2.05, 4.69) is 15.0 Å². The maximum atomic E-state index is 11.3. The molecule has 1 aliphatic rings. The summed E-state index contributed by atoms with van der Waals surface area (Å²) in [5, 5.41) is 9.63. The molecule has 0 bridgehead atoms. The summed E-state index contributed by atoms with van der Waals surface area (Å²) >= 11 is 0. The number of aliphatic hydroxyl groups is 1. The average molecular weight is 402 g/mol. The number of nitrogen functional groups attached to an aromatic ring is 1. The van der Waals surface area contributed by atoms with E-state index in [1.807, 2.05) is 0 Å². The Balaban J connectivity index is 1.96. The summed E-state index contributed by atoms with van der Waals surface area (Å²) in [4.78, 5) is 21.4. The van der Waals surface area contributed by atoms with Crippen LogP contribution >= 0.6 is 8.25 Å². The largest absolute Gasteiger partial charge is 0.695 e. The van der Waals surface area contributed by atoms with Gasteiger partial charge in [-0.25, -0.2) is 15.0 Å². The Morgan fingerprint density at radius 1 is 1.41 bits per heavy atom. The Bertz CT molecular complexity index is 805. The van der Waals surface area contributed by atoms with Gasteiger partial charge in [0.2, 0.25) is 0 Å². The number of hydrogen-bond donors (Lipinski definition) is 3. The van der Waals surface area contributed by atoms with Crippen LogP contribution in [0.4, 0.5) is 5.82 Å². The molecule has 0 amide bonds. The number of nitrogens with two attached hydrogens (primary N) is 1. The number of hydrogen-bond acceptors (Lipinski definition) is 10. The van der Waals surface area contributed by atoms with Crippen molar-refractivity contribution < 1.29 is 33.3 Å². The number of fused-ring (bicyclic) bond motifs is 1. The van der Waals surface area contributed by atoms with E-state index in [4.69, 9.17) is 24.5 Å². The van der Waals surface area contributed by atoms with Crippen molar-refractivity contribution in [2.75, 3.05) is 26.1 Å². The lowest BCUT2D eigenvalue weighted by molar-refractivity contribution is -0.0900. The van der Waals surface area contributed by atoms with E-state index in [-0.39, 0.29) is 18.5 Å². The minimum Gasteiger partial charge on any atom is -0.394 e. The molecule has 0 aromatic carbocycles. The van der Waals surface area contributed by atoms with Crippen molar-refractivity contribution in [3.8, 4) is 0 Å². The molecular formula is C14H21N5O7P+. The van der Waals surface area contributed by atoms with Crippen molar-refractivity contribution in [3.05, 3.63) is 12.7 Å². The Labute approximate surface area is 155 Å². The molecule has 2 aromatic rings. The predicted molar refractivity (Wildman–Crippen MR) is 91.6 cm³/mol. The third kappa shape index (κ3) is 4.06. The first-order valence-corrected chi connectivity index (χ1v) is 9.26. The topological polar surface area (TPSA) is 164 Å². The van der Waals surface area contributed by atoms with Gasteiger partial charge < -0.3 is 25.1 Å². The van der Waals surface area contributed by atoms with E-state index in [1.54, 1.807) is 11.5 Å². The molecule has 0 saturated carbocycles. The normalized spacial score (nSPS) is 27.2. The molecule has 0 spiro atoms. The highest BCUT2D eigenvalue weighted by atomic mass is 31.1. The molecule has 0 aliphatic carbocycles. The van der Waals surface area contributed by atoms with Gasteiger partial charge in [-0.05, 0) is 6.92 Å². The smallest absolute Gasteiger partial charge is 0.394 e. The molecule has 13 heteroatoms. The molecule has 1 saturated heterocycles. The number of aliphatic hydroxyl groups excluding tert-OH is 1. The summed E-state index contributed by atoms with van der Waals surface area (Å²) in [6.45, 7) is 1.54. The zero-order valence-electron chi connectivity index (χ0n) is 14.7. The molecule has 3 heterocycles. The highest BCUT2D eigenvalue weighted by Gasteiger charge is 2.51. The van der Waals surface area contributed by atoms with Crippen LogP contribution in [0.5, 0.6) is 0 Å². The van der Waals surface area contributed by atoms with Crippen LogP contribution in [0.2, 0.25) is 0 Å². The Morgan fingerprint density at radius 2 is 2.19 bits per heavy atom. The van der Waals surface area contributed by atoms with Gasteiger partial charge in [-0.3, -0.25) is 4.57 Å². The SMILES string of the molecule is CO[C@@H](C)CO[C@H]1C(O[P+](=O)O)[C@@H](CO)O[C@H]1n1cnc2c(N)ncnc21. The fourth-order valence-corrected chi connectivity index (χ4v) is 3.32. The van der Waals surface area contributed by atoms with Crippen LogP contribution in [0, 0.1) is 0 Å². The second kappa shape index (κ2) is 8.48. The van der Waals surface area contributed by atoms with Gasteiger partial charge in [0.15, 0.2) is 23.8 Å². The fraction of sp³-hybridized carbons (Fsp3) is 0.643. The number of methoxy groups -OCH3 is 1. The van der Waals surface area contributed by atoms with Gasteiger partial charge in [0.1, 0.15) is 24.1 Å². The number of imidazole rings is 1. The van der Waals surface area contributed by atoms with E-state index < -0.39 is 39.4 Å². The molecule has 3 rings (SSSR count). The standard InChI is InChI=1S/C14H20N5O7P/c1-7(23-2)4-24-11-10(26-27(21)22)8(3-20)25-14(11)19-6-18-9-12(15)16-5-17-13(9)19/h5-8,10-11,14,20H,3-4H2,1-2H3,(H2-,15,16,17,21,22)/p+1/t7-,8+,10?,11-,14+/m0/s1. The Hall–Kier alpha value is -1.79. The minimum atomic E-state index is -2.94. The molecule has 1 aliphatic heterocycles. The van der Waals surface area contributed by atoms with Crippen LogP contribution in [0.3, 0.4) is 0 Å². The molecule has 148 valence electrons. The highest BCUT2D eigenvalue weighted by Crippen LogP contribution is 2.38. The monoisotopic (exact) mass is 402 g/mol. The summed E-state index contributed by atoms with van der Waals surface area (Å²) in [5.74, 6) is 0.201. The summed E-state index contributed by atoms with van der Waals surface area (Å²) in [6.07, 6.45) is -1.04. The second-order valence-electron chi connectivity index (χ2n) is 5.98. The number of aromatic nitrogens is 4. The van der Waals surface area contributed by atoms with Crippen LogP contribution in [0.15, 0.2) is 12.7 Å². The maximum Gasteiger partial charge on any atom is 0.695 e. The van der Waals surface area contributed by atoms with Crippen LogP contribution < -0.4 is 5.73 Å². The number of nitrogens with zero attached hydrogens (tertiary/aromatic N) is 4. The number of ether oxygens (including phenoxy) is 3. The van der Waals surface area contributed by atoms with Gasteiger partial charge in [0.05, 0.1) is 25.6 Å². The zero-order chi connectivity index (χ0) is 19.6. The van der Waals surface area contributed by atoms with Gasteiger partial charge in [-0.15, -0.1) is 9.42 Å². The molecule has 2 aromatic heterocycles. The quantitative estimate of drug-likeness (QED) is 0.499. The van der Waals surface area contributed by atoms with Gasteiger partial charge >= 0.3 is 8.25 Å². The van der Waals surface area contributed by atoms with E-state index >= 15 is 0 Å². The first-order chi connectivity index (χ1) is 13.0. The molecular weight excluding hydrogens is 381 g/mol. The lowest BCUT2D eigenvalue weighted by atomic mass is 10.1. The van der Waals surface area contributed by atoms with Crippen molar-refractivity contribution in [3.63, 3.8) is 0 Å². The van der Waals surface area contributed by atoms with Crippen LogP contribution in [-0.4, -0.2) is 74.3 Å². The van der Waals surface area contributed by atoms with E-state index in [0.717, 1.165) is 0 Å². The lowest BCUT2D eigenvalue weighted by Crippen LogP contribution is -2.38. The Morgan fingerprint density at radius 3 is 2.85 bits per heavy atom. The first-order valence-electron chi connectivity index (χ1n) is 8.12. The predicted octanol–water partition coefficient (Wildman–Crippen LogP) is -0.247. The van der Waals surface area contributed by atoms with Crippen LogP contribution in [0.1, 0.15) is 13.2 Å². The molecule has 0 radical (unpaired) electrons. The number of rotatable bonds is 8. The molecule has 4 N–H and O–H groups in total. The van der Waals surface area contributed by atoms with Crippen molar-refractivity contribution in [2.24, 2.45) is 0 Å². The summed E-state index contributed by atoms with van der Waals surface area (Å²) in [5.41, 5.74) is 6.59. The number of anilines is 1. The van der Waals surface area contributed by atoms with Crippen molar-refractivity contribution in [1.29, 1.82) is 0 Å². The maximum absolute atomic E-state index is 11.3. The minimum absolute atomic E-state index is 0.172. The third-order valence-electron chi connectivity index (χ3n) is 4.26. The average Bonchev–Trinajstić information content (AvgIpc) is 3.21. The molecule has 1 fully saturated rings. The molecule has 27 heavy (non-hydrogen) atoms. The summed E-state index contributed by atoms with van der Waals surface area (Å²) in [7, 11) is -1.40. The van der Waals surface area contributed by atoms with Gasteiger partial charge in [-0.1, -0.05) is 0 Å². The van der Waals surface area contributed by atoms with Crippen LogP contribution in [0.25, 0.3) is 11.2 Å². The van der Waals surface area contributed by atoms with Gasteiger partial charge in [-0.2, -0.15) is 0 Å². The van der Waals surface area contributed by atoms with Crippen LogP contribution in [-0.2, 0) is 23.3 Å². The van der Waals surface area contributed by atoms with Crippen molar-refractivity contribution in [2.45, 2.75) is 37.6 Å². The fourth-order valence-electron chi connectivity index (χ4n) is 2.86. The second-order valence-corrected chi connectivity index (χ2v) is 6.67. The van der Waals surface area contributed by atoms with E-state index in [1.165, 1.54) is 19.8 Å². The highest BCUT2D eigenvalue weighted by molar-refractivity contribution is 7.32. The third-order valence-corrected chi connectivity index (χ3v) is 4.69.